The number of aliphatic hydroxyl groups is 6. The van der Waals surface area contributed by atoms with E-state index in [0.717, 1.165) is 51.6 Å². The summed E-state index contributed by atoms with van der Waals surface area (Å²) in [7, 11) is 3.86. The van der Waals surface area contributed by atoms with Crippen LogP contribution in [0.1, 0.15) is 126 Å². The lowest BCUT2D eigenvalue weighted by atomic mass is 9.90. The molecule has 5 aliphatic heterocycles. The first-order chi connectivity index (χ1) is 40.9. The van der Waals surface area contributed by atoms with Gasteiger partial charge in [0.2, 0.25) is 17.7 Å². The third-order valence-corrected chi connectivity index (χ3v) is 16.5. The molecule has 6 amide bonds. The van der Waals surface area contributed by atoms with Crippen LogP contribution in [0.3, 0.4) is 0 Å². The van der Waals surface area contributed by atoms with Crippen molar-refractivity contribution < 1.29 is 91.0 Å². The van der Waals surface area contributed by atoms with Crippen molar-refractivity contribution in [2.45, 2.75) is 227 Å². The highest BCUT2D eigenvalue weighted by molar-refractivity contribution is 7.99. The minimum atomic E-state index is -1.44. The van der Waals surface area contributed by atoms with Crippen molar-refractivity contribution >= 4 is 89.4 Å². The molecule has 0 saturated carbocycles. The van der Waals surface area contributed by atoms with Gasteiger partial charge in [-0.15, -0.1) is 28.6 Å². The van der Waals surface area contributed by atoms with Crippen LogP contribution in [0.25, 0.3) is 0 Å². The van der Waals surface area contributed by atoms with E-state index in [1.54, 1.807) is 47.1 Å². The lowest BCUT2D eigenvalue weighted by molar-refractivity contribution is -0.207. The maximum atomic E-state index is 13.3. The van der Waals surface area contributed by atoms with E-state index in [0.29, 0.717) is 36.3 Å². The average Bonchev–Trinajstić information content (AvgIpc) is 2.67. The van der Waals surface area contributed by atoms with Gasteiger partial charge in [0.15, 0.2) is 0 Å². The van der Waals surface area contributed by atoms with Gasteiger partial charge in [-0.25, -0.2) is 9.59 Å². The third kappa shape index (κ3) is 27.8. The molecule has 0 bridgehead atoms. The number of imide groups is 1. The van der Waals surface area contributed by atoms with E-state index >= 15 is 0 Å². The summed E-state index contributed by atoms with van der Waals surface area (Å²) in [6.07, 6.45) is 2.70. The van der Waals surface area contributed by atoms with Gasteiger partial charge in [-0.1, -0.05) is 26.7 Å². The molecule has 0 aromatic rings. The summed E-state index contributed by atoms with van der Waals surface area (Å²) in [6.45, 7) is 15.3. The van der Waals surface area contributed by atoms with Gasteiger partial charge in [0.1, 0.15) is 65.3 Å². The Morgan fingerprint density at radius 2 is 1.11 bits per heavy atom. The quantitative estimate of drug-likeness (QED) is 0.0509. The van der Waals surface area contributed by atoms with Crippen LogP contribution < -0.4 is 32.7 Å². The van der Waals surface area contributed by atoms with Crippen molar-refractivity contribution in [2.75, 3.05) is 65.3 Å². The molecule has 4 unspecified atom stereocenters. The van der Waals surface area contributed by atoms with E-state index in [2.05, 4.69) is 44.9 Å². The van der Waals surface area contributed by atoms with Crippen LogP contribution in [0.4, 0.5) is 12.6 Å². The number of halogens is 2. The number of aliphatic hydroxyl groups excluding tert-OH is 6. The number of likely N-dealkylation sites (N-methyl/N-ethyl adjacent to an activating group) is 2. The second kappa shape index (κ2) is 42.3. The van der Waals surface area contributed by atoms with Gasteiger partial charge in [0, 0.05) is 94.2 Å². The number of hydrogen-bond donors (Lipinski definition) is 12. The maximum Gasteiger partial charge on any atom is 0.407 e. The van der Waals surface area contributed by atoms with Crippen LogP contribution in [-0.4, -0.2) is 254 Å². The summed E-state index contributed by atoms with van der Waals surface area (Å²) < 4.78 is 37.2. The first kappa shape index (κ1) is 82.1. The Kier molecular flexibility index (Phi) is 39.9. The topological polar surface area (TPSA) is 388 Å². The van der Waals surface area contributed by atoms with Gasteiger partial charge < -0.3 is 82.4 Å². The molecule has 14 N–H and O–H groups in total. The normalized spacial score (nSPS) is 29.6. The number of ether oxygens (including phenoxy) is 3. The zero-order chi connectivity index (χ0) is 66.5. The van der Waals surface area contributed by atoms with Crippen molar-refractivity contribution in [1.29, 1.82) is 0 Å². The molecule has 5 aliphatic rings. The second-order valence-electron chi connectivity index (χ2n) is 23.1. The highest BCUT2D eigenvalue weighted by Gasteiger charge is 2.50. The molecule has 5 rings (SSSR count). The predicted octanol–water partition coefficient (Wildman–Crippen LogP) is 1.48. The number of nitrogens with two attached hydrogens (primary N) is 2. The monoisotopic (exact) mass is 1330 g/mol. The summed E-state index contributed by atoms with van der Waals surface area (Å²) in [6, 6.07) is -3.15. The molecule has 87 heavy (non-hydrogen) atoms. The fourth-order valence-electron chi connectivity index (χ4n) is 10.5. The van der Waals surface area contributed by atoms with Crippen LogP contribution in [-0.2, 0) is 47.8 Å². The minimum absolute atomic E-state index is 0.0210. The number of thioether (sulfide) groups is 2. The van der Waals surface area contributed by atoms with Gasteiger partial charge in [0.05, 0.1) is 24.2 Å². The van der Waals surface area contributed by atoms with E-state index in [9.17, 15) is 72.0 Å². The fourth-order valence-corrected chi connectivity index (χ4v) is 11.9. The molecule has 0 aromatic heterocycles. The molecule has 5 fully saturated rings. The van der Waals surface area contributed by atoms with Crippen LogP contribution in [0.5, 0.6) is 0 Å². The fraction of sp³-hybridized carbons (Fsp3) is 0.873. The van der Waals surface area contributed by atoms with Gasteiger partial charge in [-0.05, 0) is 118 Å². The first-order valence-corrected chi connectivity index (χ1v) is 34.2. The Labute approximate surface area is 529 Å². The van der Waals surface area contributed by atoms with Crippen molar-refractivity contribution in [2.24, 2.45) is 23.3 Å². The number of alkyl carbamates (subject to hydrolysis) is 1. The summed E-state index contributed by atoms with van der Waals surface area (Å²) in [5, 5.41) is 73.8. The van der Waals surface area contributed by atoms with E-state index in [1.165, 1.54) is 36.0 Å². The van der Waals surface area contributed by atoms with Gasteiger partial charge in [-0.3, -0.25) is 33.8 Å². The predicted molar refractivity (Wildman–Crippen MR) is 333 cm³/mol. The third-order valence-electron chi connectivity index (χ3n) is 14.8. The number of likely N-dealkylation sites (tertiary alicyclic amines) is 2. The molecule has 32 heteroatoms. The number of hydrogen-bond acceptors (Lipinski definition) is 25. The average molecular weight is 1330 g/mol. The molecule has 18 atom stereocenters. The lowest BCUT2D eigenvalue weighted by Gasteiger charge is -2.45. The maximum absolute atomic E-state index is 13.3. The summed E-state index contributed by atoms with van der Waals surface area (Å²) in [5.41, 5.74) is 9.51. The molecule has 0 radical (unpaired) electrons. The molecular weight excluding hydrogens is 1220 g/mol. The molecule has 508 valence electrons. The molecule has 5 heterocycles. The van der Waals surface area contributed by atoms with Gasteiger partial charge >= 0.3 is 12.1 Å². The largest absolute Gasteiger partial charge is 0.444 e. The minimum Gasteiger partial charge on any atom is -0.444 e. The number of hydroxylamine groups is 2. The second-order valence-corrected chi connectivity index (χ2v) is 25.6. The number of amides is 6. The van der Waals surface area contributed by atoms with E-state index in [-0.39, 0.29) is 86.3 Å². The number of carbonyl (C=O) groups excluding carboxylic acids is 7. The van der Waals surface area contributed by atoms with Crippen LogP contribution in [0.2, 0.25) is 0 Å². The number of nitrogens with one attached hydrogen (secondary N) is 4. The first-order valence-electron chi connectivity index (χ1n) is 29.4. The zero-order valence-electron chi connectivity index (χ0n) is 52.8. The van der Waals surface area contributed by atoms with Crippen LogP contribution in [0, 0.1) is 11.8 Å². The molecule has 0 aliphatic carbocycles. The molecular formula is C55H103F2N9O17S4. The zero-order valence-corrected chi connectivity index (χ0v) is 56.0. The summed E-state index contributed by atoms with van der Waals surface area (Å²) in [5.74, 6) is -1.35. The molecule has 5 saturated heterocycles. The standard InChI is InChI=1S/C22H42N4O6S.C18H35N3O5S.C13H20N2O6.2CH3FS/c1-5-7-13-10-14(26(3)11-13)21(31)25-16(12(2)24-15(27)8-6-9-23)20-18(29)17(28)19(30)22(32-20)33-4;1-5-6-10-7-11(21(3)8-10)17(25)20-12(9(2)19)16-14(23)13(22)15(24)18(26-16)27-4;1-13(2,3)20-12(19)14-8-4-5-11(18)21-15-9(16)6-7-10(15)17;2*1-3-2/h12-14,16-20,22,28-30H,5-11,23H2,1-4H3,(H,24,27)(H,25,31);9-16,18,22-24H,5-8,19H2,1-4H3,(H,20,25);4-8H2,1-3H3,(H,14,19);2*1H3/t12-,13+,14-,16+,17+,18?,19+,20+,22?;9-,10+,11-,12+,13+,14?,15+,16+,18?;;;/m00.../s1. The van der Waals surface area contributed by atoms with E-state index < -0.39 is 113 Å². The van der Waals surface area contributed by atoms with Crippen molar-refractivity contribution in [3.05, 3.63) is 0 Å². The SMILES string of the molecule is CC(C)(C)OC(=O)NCCCC(=O)ON1C(=O)CCC1=O.CCC[C@@H]1C[C@@H](C(=O)N[C@H]([C@H](C)N)[C@H]2OC(SC)[C@H](O)[C@H](O)C2O)N(C)C1.CCC[C@@H]1C[C@@H](C(=O)N[C@H]([C@H](C)NC(=O)CCCN)[C@H]2OC(SC)[C@H](O)[C@H](O)C2O)N(C)C1.CSF.CSF. The van der Waals surface area contributed by atoms with Crippen molar-refractivity contribution in [1.82, 2.24) is 36.1 Å². The Hall–Kier alpha value is -2.93. The number of nitrogens with zero attached hydrogens (tertiary/aromatic N) is 3. The van der Waals surface area contributed by atoms with Crippen molar-refractivity contribution in [3.63, 3.8) is 0 Å². The van der Waals surface area contributed by atoms with Gasteiger partial charge in [-0.2, -0.15) is 7.77 Å². The Morgan fingerprint density at radius 1 is 0.690 bits per heavy atom. The Morgan fingerprint density at radius 3 is 1.51 bits per heavy atom. The van der Waals surface area contributed by atoms with Crippen molar-refractivity contribution in [3.8, 4) is 0 Å². The van der Waals surface area contributed by atoms with E-state index in [4.69, 9.17) is 25.7 Å². The molecule has 0 spiro atoms. The molecule has 26 nitrogen and oxygen atoms in total. The Balaban J connectivity index is 0.000000636. The Bertz CT molecular complexity index is 2050. The van der Waals surface area contributed by atoms with Crippen LogP contribution in [0.15, 0.2) is 0 Å². The highest BCUT2D eigenvalue weighted by atomic mass is 32.2. The summed E-state index contributed by atoms with van der Waals surface area (Å²) >= 11 is 2.94. The number of carbonyl (C=O) groups is 7. The molecule has 0 aromatic carbocycles. The lowest BCUT2D eigenvalue weighted by Crippen LogP contribution is -2.67. The smallest absolute Gasteiger partial charge is 0.407 e. The van der Waals surface area contributed by atoms with Gasteiger partial charge in [0.25, 0.3) is 11.8 Å². The van der Waals surface area contributed by atoms with Crippen LogP contribution >= 0.6 is 47.8 Å². The number of rotatable bonds is 23. The summed E-state index contributed by atoms with van der Waals surface area (Å²) in [4.78, 5) is 92.5. The van der Waals surface area contributed by atoms with E-state index in [1.807, 2.05) is 19.0 Å². The highest BCUT2D eigenvalue weighted by Crippen LogP contribution is 2.33.